The molecule has 0 spiro atoms. The predicted octanol–water partition coefficient (Wildman–Crippen LogP) is 2.35. The summed E-state index contributed by atoms with van der Waals surface area (Å²) in [6, 6.07) is 13.3. The number of nitrogens with one attached hydrogen (secondary N) is 1. The number of likely N-dealkylation sites (N-methyl/N-ethyl adjacent to an activating group) is 1. The maximum Gasteiger partial charge on any atom is 0.228 e. The highest BCUT2D eigenvalue weighted by Gasteiger charge is 2.29. The largest absolute Gasteiger partial charge is 0.392 e. The van der Waals surface area contributed by atoms with Gasteiger partial charge < -0.3 is 19.8 Å². The number of hydrogen-bond donors (Lipinski definition) is 2. The highest BCUT2D eigenvalue weighted by atomic mass is 16.5. The van der Waals surface area contributed by atoms with Gasteiger partial charge in [-0.25, -0.2) is 0 Å². The quantitative estimate of drug-likeness (QED) is 0.539. The number of aliphatic hydroxyl groups is 1. The Hall–Kier alpha value is -3.56. The Bertz CT molecular complexity index is 1260. The maximum atomic E-state index is 13.4. The number of amides is 2. The van der Waals surface area contributed by atoms with Gasteiger partial charge in [0.05, 0.1) is 25.0 Å². The van der Waals surface area contributed by atoms with Gasteiger partial charge in [-0.15, -0.1) is 0 Å². The van der Waals surface area contributed by atoms with E-state index in [1.807, 2.05) is 49.5 Å². The summed E-state index contributed by atoms with van der Waals surface area (Å²) in [6.07, 6.45) is 0.992. The zero-order valence-corrected chi connectivity index (χ0v) is 19.9. The third kappa shape index (κ3) is 5.11. The molecule has 1 unspecified atom stereocenters. The van der Waals surface area contributed by atoms with Gasteiger partial charge in [0.15, 0.2) is 0 Å². The summed E-state index contributed by atoms with van der Waals surface area (Å²) in [5.74, 6) is 0.949. The van der Waals surface area contributed by atoms with Crippen LogP contribution in [0.4, 0.5) is 5.69 Å². The molecule has 3 heterocycles. The average Bonchev–Trinajstić information content (AvgIpc) is 3.56. The van der Waals surface area contributed by atoms with E-state index in [1.165, 1.54) is 0 Å². The molecule has 5 rings (SSSR count). The Labute approximate surface area is 203 Å². The zero-order chi connectivity index (χ0) is 24.5. The van der Waals surface area contributed by atoms with Crippen LogP contribution in [0.25, 0.3) is 11.4 Å². The summed E-state index contributed by atoms with van der Waals surface area (Å²) in [6.45, 7) is 3.73. The van der Waals surface area contributed by atoms with Crippen molar-refractivity contribution in [2.75, 3.05) is 32.0 Å². The minimum Gasteiger partial charge on any atom is -0.392 e. The molecule has 9 heteroatoms. The number of benzene rings is 2. The molecular formula is C26H29N5O4. The van der Waals surface area contributed by atoms with Gasteiger partial charge in [0, 0.05) is 44.9 Å². The molecule has 2 aliphatic heterocycles. The van der Waals surface area contributed by atoms with Crippen LogP contribution < -0.4 is 5.32 Å². The van der Waals surface area contributed by atoms with E-state index in [4.69, 9.17) is 4.52 Å². The number of aliphatic hydroxyl groups excluding tert-OH is 1. The van der Waals surface area contributed by atoms with Crippen molar-refractivity contribution in [1.82, 2.24) is 19.9 Å². The second-order valence-corrected chi connectivity index (χ2v) is 9.38. The monoisotopic (exact) mass is 475 g/mol. The summed E-state index contributed by atoms with van der Waals surface area (Å²) in [4.78, 5) is 33.4. The number of carbonyl (C=O) groups is 2. The molecule has 2 atom stereocenters. The summed E-state index contributed by atoms with van der Waals surface area (Å²) >= 11 is 0. The van der Waals surface area contributed by atoms with Crippen molar-refractivity contribution in [1.29, 1.82) is 0 Å². The van der Waals surface area contributed by atoms with Crippen molar-refractivity contribution in [2.24, 2.45) is 0 Å². The van der Waals surface area contributed by atoms with Gasteiger partial charge in [-0.3, -0.25) is 14.5 Å². The van der Waals surface area contributed by atoms with Gasteiger partial charge >= 0.3 is 0 Å². The summed E-state index contributed by atoms with van der Waals surface area (Å²) in [7, 11) is 1.82. The van der Waals surface area contributed by atoms with Gasteiger partial charge in [0.25, 0.3) is 0 Å². The molecule has 2 N–H and O–H groups in total. The molecule has 0 bridgehead atoms. The summed E-state index contributed by atoms with van der Waals surface area (Å²) in [5, 5.41) is 16.9. The number of rotatable bonds is 7. The van der Waals surface area contributed by atoms with E-state index in [0.717, 1.165) is 40.9 Å². The predicted molar refractivity (Wildman–Crippen MR) is 130 cm³/mol. The van der Waals surface area contributed by atoms with Crippen LogP contribution in [-0.4, -0.2) is 69.6 Å². The normalized spacial score (nSPS) is 18.4. The lowest BCUT2D eigenvalue weighted by Crippen LogP contribution is -2.39. The van der Waals surface area contributed by atoms with Crippen molar-refractivity contribution in [2.45, 2.75) is 38.3 Å². The van der Waals surface area contributed by atoms with Crippen molar-refractivity contribution in [3.63, 3.8) is 0 Å². The highest BCUT2D eigenvalue weighted by molar-refractivity contribution is 5.99. The number of aromatic nitrogens is 2. The Morgan fingerprint density at radius 3 is 2.91 bits per heavy atom. The lowest BCUT2D eigenvalue weighted by atomic mass is 10.0. The van der Waals surface area contributed by atoms with E-state index in [-0.39, 0.29) is 30.4 Å². The number of aryl methyl sites for hydroxylation is 1. The number of nitrogens with zero attached hydrogens (tertiary/aromatic N) is 4. The summed E-state index contributed by atoms with van der Waals surface area (Å²) < 4.78 is 5.14. The van der Waals surface area contributed by atoms with Crippen LogP contribution in [0.5, 0.6) is 0 Å². The van der Waals surface area contributed by atoms with Gasteiger partial charge in [-0.2, -0.15) is 4.98 Å². The molecule has 0 radical (unpaired) electrons. The minimum atomic E-state index is -0.341. The number of hydrogen-bond acceptors (Lipinski definition) is 7. The van der Waals surface area contributed by atoms with E-state index in [0.29, 0.717) is 31.2 Å². The van der Waals surface area contributed by atoms with Gasteiger partial charge in [-0.05, 0) is 35.2 Å². The minimum absolute atomic E-state index is 0.0230. The first-order valence-corrected chi connectivity index (χ1v) is 11.8. The molecule has 1 saturated heterocycles. The number of β-amino-alcohol motifs (C(OH)–C–C–N with tert-alkyl or cyclic N) is 1. The maximum absolute atomic E-state index is 13.4. The second-order valence-electron chi connectivity index (χ2n) is 9.38. The van der Waals surface area contributed by atoms with Crippen LogP contribution in [0.1, 0.15) is 35.0 Å². The molecule has 1 aromatic heterocycles. The zero-order valence-electron chi connectivity index (χ0n) is 19.9. The molecule has 9 nitrogen and oxygen atoms in total. The smallest absolute Gasteiger partial charge is 0.228 e. The number of carbonyl (C=O) groups excluding carboxylic acids is 2. The summed E-state index contributed by atoms with van der Waals surface area (Å²) in [5.41, 5.74) is 4.38. The standard InChI is InChI=1S/C26H29N5O4/c1-16-27-26(29-35-16)20-5-3-4-19(12-20)23(15-31-9-8-21(32)14-31)30(2)25(34)11-17-6-7-18-13-24(33)28-22(18)10-17/h3-7,10,12,21,23,32H,8-9,11,13-15H2,1-2H3,(H,28,33)/t21?,23-/m1/s1. The molecular weight excluding hydrogens is 446 g/mol. The first kappa shape index (κ1) is 23.2. The third-order valence-corrected chi connectivity index (χ3v) is 6.75. The molecule has 182 valence electrons. The van der Waals surface area contributed by atoms with E-state index in [1.54, 1.807) is 11.8 Å². The molecule has 2 aliphatic rings. The molecule has 0 saturated carbocycles. The topological polar surface area (TPSA) is 112 Å². The fraction of sp³-hybridized carbons (Fsp3) is 0.385. The van der Waals surface area contributed by atoms with E-state index < -0.39 is 0 Å². The Morgan fingerprint density at radius 2 is 2.17 bits per heavy atom. The number of likely N-dealkylation sites (tertiary alicyclic amines) is 1. The Morgan fingerprint density at radius 1 is 1.31 bits per heavy atom. The third-order valence-electron chi connectivity index (χ3n) is 6.75. The SMILES string of the molecule is Cc1nc(-c2cccc([C@@H](CN3CCC(O)C3)N(C)C(=O)Cc3ccc4c(c3)NC(=O)C4)c2)no1. The first-order chi connectivity index (χ1) is 16.9. The molecule has 2 aromatic carbocycles. The van der Waals surface area contributed by atoms with Crippen LogP contribution in [0.2, 0.25) is 0 Å². The highest BCUT2D eigenvalue weighted by Crippen LogP contribution is 2.28. The fourth-order valence-electron chi connectivity index (χ4n) is 4.82. The molecule has 3 aromatic rings. The molecule has 1 fully saturated rings. The fourth-order valence-corrected chi connectivity index (χ4v) is 4.82. The van der Waals surface area contributed by atoms with Crippen LogP contribution in [0.15, 0.2) is 47.0 Å². The first-order valence-electron chi connectivity index (χ1n) is 11.8. The van der Waals surface area contributed by atoms with Gasteiger partial charge in [0.2, 0.25) is 23.5 Å². The van der Waals surface area contributed by atoms with Gasteiger partial charge in [-0.1, -0.05) is 35.5 Å². The van der Waals surface area contributed by atoms with Crippen LogP contribution in [-0.2, 0) is 22.4 Å². The van der Waals surface area contributed by atoms with Crippen LogP contribution in [0.3, 0.4) is 0 Å². The number of anilines is 1. The molecule has 0 aliphatic carbocycles. The van der Waals surface area contributed by atoms with Crippen molar-refractivity contribution in [3.8, 4) is 11.4 Å². The Kier molecular flexibility index (Phi) is 6.36. The second kappa shape index (κ2) is 9.59. The van der Waals surface area contributed by atoms with Crippen molar-refractivity contribution < 1.29 is 19.2 Å². The van der Waals surface area contributed by atoms with Gasteiger partial charge in [0.1, 0.15) is 0 Å². The lowest BCUT2D eigenvalue weighted by Gasteiger charge is -2.32. The number of fused-ring (bicyclic) bond motifs is 1. The Balaban J connectivity index is 1.39. The average molecular weight is 476 g/mol. The van der Waals surface area contributed by atoms with E-state index in [2.05, 4.69) is 20.4 Å². The van der Waals surface area contributed by atoms with Crippen molar-refractivity contribution in [3.05, 3.63) is 65.0 Å². The van der Waals surface area contributed by atoms with E-state index in [9.17, 15) is 14.7 Å². The lowest BCUT2D eigenvalue weighted by molar-refractivity contribution is -0.131. The van der Waals surface area contributed by atoms with Crippen LogP contribution >= 0.6 is 0 Å². The van der Waals surface area contributed by atoms with Crippen molar-refractivity contribution >= 4 is 17.5 Å². The molecule has 2 amide bonds. The van der Waals surface area contributed by atoms with E-state index >= 15 is 0 Å². The molecule has 35 heavy (non-hydrogen) atoms. The van der Waals surface area contributed by atoms with Crippen LogP contribution in [0, 0.1) is 6.92 Å².